The Morgan fingerprint density at radius 2 is 2.05 bits per heavy atom. The van der Waals surface area contributed by atoms with Crippen molar-refractivity contribution in [3.05, 3.63) is 47.0 Å². The summed E-state index contributed by atoms with van der Waals surface area (Å²) in [6.07, 6.45) is 2.30. The Kier molecular flexibility index (Phi) is 3.94. The zero-order valence-corrected chi connectivity index (χ0v) is 10.1. The first-order chi connectivity index (χ1) is 8.99. The number of hydrogen-bond acceptors (Lipinski definition) is 2. The van der Waals surface area contributed by atoms with E-state index < -0.39 is 18.2 Å². The number of nitrogens with zero attached hydrogens (tertiary/aromatic N) is 2. The van der Waals surface area contributed by atoms with E-state index >= 15 is 0 Å². The Morgan fingerprint density at radius 1 is 1.32 bits per heavy atom. The van der Waals surface area contributed by atoms with Crippen LogP contribution in [0, 0.1) is 11.6 Å². The fourth-order valence-corrected chi connectivity index (χ4v) is 1.80. The van der Waals surface area contributed by atoms with E-state index in [9.17, 15) is 17.6 Å². The molecule has 2 aromatic rings. The SMILES string of the molecule is Fc1cc(F)c(NCc2nccn2C(F)F)c(Cl)c1. The van der Waals surface area contributed by atoms with Crippen LogP contribution in [0.15, 0.2) is 24.5 Å². The van der Waals surface area contributed by atoms with Gasteiger partial charge < -0.3 is 5.32 Å². The average Bonchev–Trinajstić information content (AvgIpc) is 2.75. The van der Waals surface area contributed by atoms with Gasteiger partial charge in [0, 0.05) is 18.5 Å². The van der Waals surface area contributed by atoms with E-state index in [-0.39, 0.29) is 23.1 Å². The minimum atomic E-state index is -2.74. The molecular weight excluding hydrogens is 286 g/mol. The third-order valence-corrected chi connectivity index (χ3v) is 2.69. The molecule has 8 heteroatoms. The summed E-state index contributed by atoms with van der Waals surface area (Å²) >= 11 is 5.66. The molecule has 2 rings (SSSR count). The lowest BCUT2D eigenvalue weighted by atomic mass is 10.3. The van der Waals surface area contributed by atoms with Crippen molar-refractivity contribution in [1.29, 1.82) is 0 Å². The van der Waals surface area contributed by atoms with E-state index in [0.717, 1.165) is 12.3 Å². The van der Waals surface area contributed by atoms with Gasteiger partial charge in [-0.15, -0.1) is 0 Å². The van der Waals surface area contributed by atoms with Crippen LogP contribution in [0.25, 0.3) is 0 Å². The quantitative estimate of drug-likeness (QED) is 0.869. The van der Waals surface area contributed by atoms with Gasteiger partial charge in [0.2, 0.25) is 0 Å². The van der Waals surface area contributed by atoms with Crippen LogP contribution < -0.4 is 5.32 Å². The van der Waals surface area contributed by atoms with Crippen LogP contribution in [-0.2, 0) is 6.54 Å². The minimum Gasteiger partial charge on any atom is -0.374 e. The Labute approximate surface area is 110 Å². The number of benzene rings is 1. The van der Waals surface area contributed by atoms with Gasteiger partial charge in [0.15, 0.2) is 5.82 Å². The molecule has 0 aliphatic heterocycles. The summed E-state index contributed by atoms with van der Waals surface area (Å²) < 4.78 is 52.0. The first-order valence-electron chi connectivity index (χ1n) is 5.17. The zero-order chi connectivity index (χ0) is 14.0. The van der Waals surface area contributed by atoms with Crippen LogP contribution in [0.5, 0.6) is 0 Å². The van der Waals surface area contributed by atoms with Crippen molar-refractivity contribution in [2.75, 3.05) is 5.32 Å². The number of hydrogen-bond donors (Lipinski definition) is 1. The molecule has 0 atom stereocenters. The number of imidazole rings is 1. The van der Waals surface area contributed by atoms with Gasteiger partial charge in [-0.25, -0.2) is 13.8 Å². The monoisotopic (exact) mass is 293 g/mol. The maximum absolute atomic E-state index is 13.4. The van der Waals surface area contributed by atoms with Crippen molar-refractivity contribution in [3.8, 4) is 0 Å². The van der Waals surface area contributed by atoms with Gasteiger partial charge in [0.05, 0.1) is 17.3 Å². The van der Waals surface area contributed by atoms with Crippen molar-refractivity contribution in [2.24, 2.45) is 0 Å². The summed E-state index contributed by atoms with van der Waals surface area (Å²) in [7, 11) is 0. The average molecular weight is 294 g/mol. The van der Waals surface area contributed by atoms with Crippen LogP contribution in [0.1, 0.15) is 12.4 Å². The lowest BCUT2D eigenvalue weighted by Gasteiger charge is -2.11. The molecule has 0 spiro atoms. The molecule has 0 aliphatic carbocycles. The normalized spacial score (nSPS) is 11.1. The van der Waals surface area contributed by atoms with Crippen LogP contribution >= 0.6 is 11.6 Å². The molecule has 0 fully saturated rings. The highest BCUT2D eigenvalue weighted by molar-refractivity contribution is 6.33. The summed E-state index contributed by atoms with van der Waals surface area (Å²) in [5.74, 6) is -1.71. The second kappa shape index (κ2) is 5.48. The van der Waals surface area contributed by atoms with E-state index in [2.05, 4.69) is 10.3 Å². The molecule has 0 saturated carbocycles. The molecule has 0 bridgehead atoms. The van der Waals surface area contributed by atoms with E-state index in [1.54, 1.807) is 0 Å². The highest BCUT2D eigenvalue weighted by Crippen LogP contribution is 2.27. The molecule has 3 nitrogen and oxygen atoms in total. The van der Waals surface area contributed by atoms with Crippen molar-refractivity contribution < 1.29 is 17.6 Å². The topological polar surface area (TPSA) is 29.9 Å². The Hall–Kier alpha value is -1.76. The van der Waals surface area contributed by atoms with Crippen LogP contribution in [0.4, 0.5) is 23.2 Å². The van der Waals surface area contributed by atoms with Gasteiger partial charge in [-0.1, -0.05) is 11.6 Å². The molecule has 1 heterocycles. The smallest absolute Gasteiger partial charge is 0.319 e. The summed E-state index contributed by atoms with van der Waals surface area (Å²) in [5, 5.41) is 2.34. The standard InChI is InChI=1S/C11H8ClF4N3/c12-7-3-6(13)4-8(14)10(7)18-5-9-17-1-2-19(9)11(15)16/h1-4,11,18H,5H2. The molecule has 1 aromatic carbocycles. The van der Waals surface area contributed by atoms with Gasteiger partial charge in [-0.05, 0) is 6.07 Å². The molecule has 0 saturated heterocycles. The predicted octanol–water partition coefficient (Wildman–Crippen LogP) is 3.82. The lowest BCUT2D eigenvalue weighted by molar-refractivity contribution is 0.0673. The highest BCUT2D eigenvalue weighted by Gasteiger charge is 2.14. The fraction of sp³-hybridized carbons (Fsp3) is 0.182. The van der Waals surface area contributed by atoms with E-state index in [4.69, 9.17) is 11.6 Å². The number of alkyl halides is 2. The molecule has 0 unspecified atom stereocenters. The summed E-state index contributed by atoms with van der Waals surface area (Å²) in [6.45, 7) is -2.91. The number of aromatic nitrogens is 2. The summed E-state index contributed by atoms with van der Waals surface area (Å²) in [6, 6.07) is 1.57. The Morgan fingerprint density at radius 3 is 2.68 bits per heavy atom. The maximum Gasteiger partial charge on any atom is 0.319 e. The van der Waals surface area contributed by atoms with Crippen LogP contribution in [-0.4, -0.2) is 9.55 Å². The van der Waals surface area contributed by atoms with Gasteiger partial charge in [0.1, 0.15) is 11.6 Å². The predicted molar refractivity (Wildman–Crippen MR) is 62.2 cm³/mol. The fourth-order valence-electron chi connectivity index (χ4n) is 1.54. The lowest BCUT2D eigenvalue weighted by Crippen LogP contribution is -2.10. The second-order valence-electron chi connectivity index (χ2n) is 3.63. The van der Waals surface area contributed by atoms with Gasteiger partial charge in [-0.3, -0.25) is 4.57 Å². The number of halogens is 5. The van der Waals surface area contributed by atoms with Crippen LogP contribution in [0.3, 0.4) is 0 Å². The third kappa shape index (κ3) is 2.98. The maximum atomic E-state index is 13.4. The molecule has 102 valence electrons. The molecule has 19 heavy (non-hydrogen) atoms. The van der Waals surface area contributed by atoms with Gasteiger partial charge >= 0.3 is 6.55 Å². The Bertz CT molecular complexity index is 562. The van der Waals surface area contributed by atoms with E-state index in [1.807, 2.05) is 0 Å². The number of rotatable bonds is 4. The molecule has 0 amide bonds. The molecule has 1 aromatic heterocycles. The van der Waals surface area contributed by atoms with E-state index in [0.29, 0.717) is 10.6 Å². The van der Waals surface area contributed by atoms with Gasteiger partial charge in [0.25, 0.3) is 0 Å². The highest BCUT2D eigenvalue weighted by atomic mass is 35.5. The molecule has 0 radical (unpaired) electrons. The van der Waals surface area contributed by atoms with Crippen molar-refractivity contribution in [2.45, 2.75) is 13.1 Å². The van der Waals surface area contributed by atoms with Crippen LogP contribution in [0.2, 0.25) is 5.02 Å². The molecule has 1 N–H and O–H groups in total. The minimum absolute atomic E-state index is 0.00907. The van der Waals surface area contributed by atoms with Crippen molar-refractivity contribution in [1.82, 2.24) is 9.55 Å². The van der Waals surface area contributed by atoms with Crippen molar-refractivity contribution >= 4 is 17.3 Å². The number of anilines is 1. The summed E-state index contributed by atoms with van der Waals surface area (Å²) in [4.78, 5) is 3.71. The first-order valence-corrected chi connectivity index (χ1v) is 5.55. The zero-order valence-electron chi connectivity index (χ0n) is 9.38. The largest absolute Gasteiger partial charge is 0.374 e. The number of nitrogens with one attached hydrogen (secondary N) is 1. The van der Waals surface area contributed by atoms with Crippen molar-refractivity contribution in [3.63, 3.8) is 0 Å². The summed E-state index contributed by atoms with van der Waals surface area (Å²) in [5.41, 5.74) is -0.160. The van der Waals surface area contributed by atoms with Gasteiger partial charge in [-0.2, -0.15) is 8.78 Å². The van der Waals surface area contributed by atoms with E-state index in [1.165, 1.54) is 6.20 Å². The third-order valence-electron chi connectivity index (χ3n) is 2.39. The first kappa shape index (κ1) is 13.7. The molecular formula is C11H8ClF4N3. The Balaban J connectivity index is 2.17. The molecule has 0 aliphatic rings. The second-order valence-corrected chi connectivity index (χ2v) is 4.03.